The van der Waals surface area contributed by atoms with Crippen molar-refractivity contribution in [3.8, 4) is 11.5 Å². The van der Waals surface area contributed by atoms with Crippen molar-refractivity contribution in [3.05, 3.63) is 18.2 Å². The van der Waals surface area contributed by atoms with E-state index in [0.717, 1.165) is 5.69 Å². The number of hydrogen-bond donors (Lipinski definition) is 2. The van der Waals surface area contributed by atoms with Gasteiger partial charge in [0.15, 0.2) is 5.11 Å². The topological polar surface area (TPSA) is 96.5 Å². The van der Waals surface area contributed by atoms with Crippen molar-refractivity contribution in [2.24, 2.45) is 0 Å². The first-order chi connectivity index (χ1) is 13.5. The lowest BCUT2D eigenvalue weighted by Crippen LogP contribution is -2.46. The van der Waals surface area contributed by atoms with Gasteiger partial charge >= 0.3 is 5.97 Å². The molecule has 0 aliphatic carbocycles. The van der Waals surface area contributed by atoms with Crippen LogP contribution in [0.3, 0.4) is 0 Å². The van der Waals surface area contributed by atoms with Gasteiger partial charge in [0, 0.05) is 23.9 Å². The summed E-state index contributed by atoms with van der Waals surface area (Å²) < 4.78 is 32.2. The molecule has 0 radical (unpaired) electrons. The molecule has 154 valence electrons. The Hall–Kier alpha value is -2.14. The molecule has 0 aromatic heterocycles. The van der Waals surface area contributed by atoms with E-state index < -0.39 is 5.97 Å². The van der Waals surface area contributed by atoms with Gasteiger partial charge in [-0.3, -0.25) is 0 Å². The fraction of sp³-hybridized carbons (Fsp3) is 0.556. The standard InChI is InChI=1S/C18H24N2O7S/c1-22-11-4-10(5-12(6-11)23-2)19-18(28)20-13-7-26-17-14(8-27-16(13)17)25-9-15(21)24-3/h4-6,13-14,16-17H,7-9H2,1-3H3,(H2,19,20,28). The van der Waals surface area contributed by atoms with E-state index in [1.54, 1.807) is 20.3 Å². The monoisotopic (exact) mass is 412 g/mol. The normalized spacial score (nSPS) is 25.7. The molecule has 0 bridgehead atoms. The molecular weight excluding hydrogens is 388 g/mol. The fourth-order valence-electron chi connectivity index (χ4n) is 3.18. The number of anilines is 1. The largest absolute Gasteiger partial charge is 0.497 e. The van der Waals surface area contributed by atoms with Crippen molar-refractivity contribution >= 4 is 29.0 Å². The lowest BCUT2D eigenvalue weighted by atomic mass is 10.1. The molecule has 2 aliphatic rings. The third kappa shape index (κ3) is 4.82. The molecule has 0 amide bonds. The summed E-state index contributed by atoms with van der Waals surface area (Å²) in [6.45, 7) is 0.626. The Morgan fingerprint density at radius 3 is 2.43 bits per heavy atom. The number of carbonyl (C=O) groups is 1. The van der Waals surface area contributed by atoms with Crippen molar-refractivity contribution < 1.29 is 33.2 Å². The molecule has 2 saturated heterocycles. The summed E-state index contributed by atoms with van der Waals surface area (Å²) in [4.78, 5) is 11.3. The maximum Gasteiger partial charge on any atom is 0.331 e. The minimum Gasteiger partial charge on any atom is -0.497 e. The Morgan fingerprint density at radius 2 is 1.79 bits per heavy atom. The first-order valence-corrected chi connectivity index (χ1v) is 9.17. The molecule has 1 aromatic carbocycles. The van der Waals surface area contributed by atoms with Gasteiger partial charge in [-0.2, -0.15) is 0 Å². The van der Waals surface area contributed by atoms with E-state index in [9.17, 15) is 4.79 Å². The van der Waals surface area contributed by atoms with Crippen molar-refractivity contribution in [3.63, 3.8) is 0 Å². The van der Waals surface area contributed by atoms with Crippen LogP contribution in [0.4, 0.5) is 5.69 Å². The van der Waals surface area contributed by atoms with Gasteiger partial charge in [0.05, 0.1) is 40.6 Å². The minimum absolute atomic E-state index is 0.132. The van der Waals surface area contributed by atoms with Crippen LogP contribution in [-0.4, -0.2) is 76.6 Å². The van der Waals surface area contributed by atoms with Crippen LogP contribution in [0.1, 0.15) is 0 Å². The molecule has 2 heterocycles. The van der Waals surface area contributed by atoms with E-state index in [2.05, 4.69) is 15.4 Å². The lowest BCUT2D eigenvalue weighted by molar-refractivity contribution is -0.150. The van der Waals surface area contributed by atoms with Gasteiger partial charge in [-0.05, 0) is 12.2 Å². The zero-order valence-corrected chi connectivity index (χ0v) is 16.7. The van der Waals surface area contributed by atoms with Gasteiger partial charge in [0.2, 0.25) is 0 Å². The number of thiocarbonyl (C=S) groups is 1. The fourth-order valence-corrected chi connectivity index (χ4v) is 3.45. The smallest absolute Gasteiger partial charge is 0.331 e. The SMILES string of the molecule is COC(=O)COC1COC2C(NC(=S)Nc3cc(OC)cc(OC)c3)COC12. The summed E-state index contributed by atoms with van der Waals surface area (Å²) in [6.07, 6.45) is -0.802. The number of esters is 1. The number of ether oxygens (including phenoxy) is 6. The number of nitrogens with one attached hydrogen (secondary N) is 2. The van der Waals surface area contributed by atoms with Crippen LogP contribution in [0.2, 0.25) is 0 Å². The van der Waals surface area contributed by atoms with E-state index in [1.165, 1.54) is 7.11 Å². The highest BCUT2D eigenvalue weighted by molar-refractivity contribution is 7.80. The molecule has 2 fully saturated rings. The van der Waals surface area contributed by atoms with Gasteiger partial charge in [0.1, 0.15) is 36.4 Å². The van der Waals surface area contributed by atoms with Crippen molar-refractivity contribution in [1.29, 1.82) is 0 Å². The molecule has 1 aromatic rings. The minimum atomic E-state index is -0.435. The molecule has 3 rings (SSSR count). The molecule has 10 heteroatoms. The average molecular weight is 412 g/mol. The lowest BCUT2D eigenvalue weighted by Gasteiger charge is -2.20. The molecule has 9 nitrogen and oxygen atoms in total. The van der Waals surface area contributed by atoms with Gasteiger partial charge < -0.3 is 39.1 Å². The third-order valence-corrected chi connectivity index (χ3v) is 4.80. The van der Waals surface area contributed by atoms with Crippen LogP contribution in [0.15, 0.2) is 18.2 Å². The second kappa shape index (κ2) is 9.37. The summed E-state index contributed by atoms with van der Waals surface area (Å²) in [6, 6.07) is 5.27. The number of benzene rings is 1. The van der Waals surface area contributed by atoms with Crippen LogP contribution in [0, 0.1) is 0 Å². The van der Waals surface area contributed by atoms with Crippen LogP contribution in [-0.2, 0) is 23.7 Å². The van der Waals surface area contributed by atoms with E-state index in [4.69, 9.17) is 35.9 Å². The molecule has 4 atom stereocenters. The summed E-state index contributed by atoms with van der Waals surface area (Å²) in [5.41, 5.74) is 0.732. The predicted molar refractivity (Wildman–Crippen MR) is 104 cm³/mol. The summed E-state index contributed by atoms with van der Waals surface area (Å²) in [5.74, 6) is 0.868. The van der Waals surface area contributed by atoms with E-state index in [-0.39, 0.29) is 31.0 Å². The molecule has 0 spiro atoms. The molecule has 2 aliphatic heterocycles. The number of methoxy groups -OCH3 is 3. The molecular formula is C18H24N2O7S. The molecule has 4 unspecified atom stereocenters. The Kier molecular flexibility index (Phi) is 6.89. The highest BCUT2D eigenvalue weighted by Gasteiger charge is 2.48. The maximum absolute atomic E-state index is 11.3. The van der Waals surface area contributed by atoms with Crippen LogP contribution >= 0.6 is 12.2 Å². The van der Waals surface area contributed by atoms with Crippen LogP contribution in [0.25, 0.3) is 0 Å². The van der Waals surface area contributed by atoms with Crippen LogP contribution in [0.5, 0.6) is 11.5 Å². The van der Waals surface area contributed by atoms with Crippen LogP contribution < -0.4 is 20.1 Å². The number of rotatable bonds is 7. The van der Waals surface area contributed by atoms with Gasteiger partial charge in [-0.15, -0.1) is 0 Å². The highest BCUT2D eigenvalue weighted by Crippen LogP contribution is 2.29. The van der Waals surface area contributed by atoms with E-state index in [1.807, 2.05) is 12.1 Å². The summed E-state index contributed by atoms with van der Waals surface area (Å²) >= 11 is 5.41. The second-order valence-corrected chi connectivity index (χ2v) is 6.74. The number of hydrogen-bond acceptors (Lipinski definition) is 8. The van der Waals surface area contributed by atoms with E-state index in [0.29, 0.717) is 29.8 Å². The number of carbonyl (C=O) groups excluding carboxylic acids is 1. The van der Waals surface area contributed by atoms with Gasteiger partial charge in [0.25, 0.3) is 0 Å². The van der Waals surface area contributed by atoms with Gasteiger partial charge in [-0.1, -0.05) is 0 Å². The Morgan fingerprint density at radius 1 is 1.11 bits per heavy atom. The Balaban J connectivity index is 1.54. The van der Waals surface area contributed by atoms with Crippen molar-refractivity contribution in [1.82, 2.24) is 5.32 Å². The van der Waals surface area contributed by atoms with E-state index >= 15 is 0 Å². The first kappa shape index (κ1) is 20.6. The Labute approximate surface area is 168 Å². The zero-order valence-electron chi connectivity index (χ0n) is 15.9. The number of fused-ring (bicyclic) bond motifs is 1. The van der Waals surface area contributed by atoms with Crippen molar-refractivity contribution in [2.45, 2.75) is 24.4 Å². The molecule has 2 N–H and O–H groups in total. The highest BCUT2D eigenvalue weighted by atomic mass is 32.1. The average Bonchev–Trinajstić information content (AvgIpc) is 3.28. The first-order valence-electron chi connectivity index (χ1n) is 8.76. The summed E-state index contributed by atoms with van der Waals surface area (Å²) in [5, 5.41) is 6.75. The third-order valence-electron chi connectivity index (χ3n) is 4.58. The zero-order chi connectivity index (χ0) is 20.1. The van der Waals surface area contributed by atoms with Gasteiger partial charge in [-0.25, -0.2) is 4.79 Å². The quantitative estimate of drug-likeness (QED) is 0.492. The second-order valence-electron chi connectivity index (χ2n) is 6.33. The predicted octanol–water partition coefficient (Wildman–Crippen LogP) is 0.715. The molecule has 0 saturated carbocycles. The van der Waals surface area contributed by atoms with Crippen molar-refractivity contribution in [2.75, 3.05) is 46.5 Å². The Bertz CT molecular complexity index is 695. The summed E-state index contributed by atoms with van der Waals surface area (Å²) in [7, 11) is 4.49. The maximum atomic E-state index is 11.3. The molecule has 28 heavy (non-hydrogen) atoms.